The van der Waals surface area contributed by atoms with Gasteiger partial charge in [0.2, 0.25) is 5.91 Å². The molecular weight excluding hydrogens is 290 g/mol. The van der Waals surface area contributed by atoms with Gasteiger partial charge in [-0.1, -0.05) is 12.1 Å². The molecule has 0 heterocycles. The summed E-state index contributed by atoms with van der Waals surface area (Å²) < 4.78 is 32.0. The second-order valence-corrected chi connectivity index (χ2v) is 4.70. The van der Waals surface area contributed by atoms with Gasteiger partial charge in [0.15, 0.2) is 0 Å². The molecule has 0 spiro atoms. The predicted octanol–water partition coefficient (Wildman–Crippen LogP) is 3.33. The molecule has 0 aliphatic heterocycles. The van der Waals surface area contributed by atoms with E-state index in [1.807, 2.05) is 13.0 Å². The number of amides is 1. The highest BCUT2D eigenvalue weighted by Crippen LogP contribution is 2.25. The summed E-state index contributed by atoms with van der Waals surface area (Å²) in [7, 11) is 1.49. The summed E-state index contributed by atoms with van der Waals surface area (Å²) in [6.45, 7) is 1.61. The number of hydrogen-bond donors (Lipinski definition) is 2. The van der Waals surface area contributed by atoms with E-state index < -0.39 is 17.5 Å². The number of benzene rings is 2. The highest BCUT2D eigenvalue weighted by Gasteiger charge is 2.11. The zero-order valence-corrected chi connectivity index (χ0v) is 12.2. The third-order valence-electron chi connectivity index (χ3n) is 3.02. The normalized spacial score (nSPS) is 10.2. The molecule has 1 amide bonds. The molecule has 0 fully saturated rings. The number of halogens is 2. The molecule has 0 radical (unpaired) electrons. The van der Waals surface area contributed by atoms with Crippen LogP contribution < -0.4 is 15.4 Å². The number of hydrogen-bond acceptors (Lipinski definition) is 3. The lowest BCUT2D eigenvalue weighted by Crippen LogP contribution is -2.23. The fourth-order valence-corrected chi connectivity index (χ4v) is 1.95. The minimum Gasteiger partial charge on any atom is -0.495 e. The van der Waals surface area contributed by atoms with Crippen LogP contribution in [0.5, 0.6) is 5.75 Å². The fraction of sp³-hybridized carbons (Fsp3) is 0.188. The molecule has 22 heavy (non-hydrogen) atoms. The molecule has 6 heteroatoms. The standard InChI is InChI=1S/C16H16F2N2O2/c1-10-6-7-14(22-2)13(8-10)20-15(21)9-19-16-11(17)4-3-5-12(16)18/h3-8,19H,9H2,1-2H3,(H,20,21). The Morgan fingerprint density at radius 2 is 1.86 bits per heavy atom. The van der Waals surface area contributed by atoms with Gasteiger partial charge in [0.25, 0.3) is 0 Å². The van der Waals surface area contributed by atoms with E-state index in [4.69, 9.17) is 4.74 Å². The van der Waals surface area contributed by atoms with E-state index in [9.17, 15) is 13.6 Å². The van der Waals surface area contributed by atoms with Crippen LogP contribution in [0.1, 0.15) is 5.56 Å². The Morgan fingerprint density at radius 1 is 1.18 bits per heavy atom. The van der Waals surface area contributed by atoms with E-state index in [1.54, 1.807) is 12.1 Å². The summed E-state index contributed by atoms with van der Waals surface area (Å²) in [5.41, 5.74) is 1.13. The number of carbonyl (C=O) groups is 1. The van der Waals surface area contributed by atoms with Crippen LogP contribution in [0.25, 0.3) is 0 Å². The van der Waals surface area contributed by atoms with Crippen LogP contribution >= 0.6 is 0 Å². The second kappa shape index (κ2) is 6.89. The zero-order chi connectivity index (χ0) is 16.1. The first-order valence-corrected chi connectivity index (χ1v) is 6.63. The third-order valence-corrected chi connectivity index (χ3v) is 3.02. The molecule has 0 bridgehead atoms. The Labute approximate surface area is 127 Å². The van der Waals surface area contributed by atoms with Crippen molar-refractivity contribution < 1.29 is 18.3 Å². The quantitative estimate of drug-likeness (QED) is 0.891. The van der Waals surface area contributed by atoms with Crippen LogP contribution in [-0.4, -0.2) is 19.6 Å². The van der Waals surface area contributed by atoms with Crippen LogP contribution in [-0.2, 0) is 4.79 Å². The SMILES string of the molecule is COc1ccc(C)cc1NC(=O)CNc1c(F)cccc1F. The zero-order valence-electron chi connectivity index (χ0n) is 12.2. The number of carbonyl (C=O) groups excluding carboxylic acids is 1. The minimum atomic E-state index is -0.749. The number of aryl methyl sites for hydroxylation is 1. The van der Waals surface area contributed by atoms with Crippen LogP contribution in [0.2, 0.25) is 0 Å². The highest BCUT2D eigenvalue weighted by molar-refractivity contribution is 5.95. The van der Waals surface area contributed by atoms with Gasteiger partial charge in [-0.25, -0.2) is 8.78 Å². The van der Waals surface area contributed by atoms with Gasteiger partial charge in [0.05, 0.1) is 19.3 Å². The smallest absolute Gasteiger partial charge is 0.243 e. The van der Waals surface area contributed by atoms with E-state index in [0.29, 0.717) is 11.4 Å². The first-order chi connectivity index (χ1) is 10.5. The van der Waals surface area contributed by atoms with E-state index >= 15 is 0 Å². The molecule has 2 rings (SSSR count). The molecule has 0 saturated carbocycles. The van der Waals surface area contributed by atoms with E-state index in [0.717, 1.165) is 17.7 Å². The fourth-order valence-electron chi connectivity index (χ4n) is 1.95. The van der Waals surface area contributed by atoms with Crippen molar-refractivity contribution in [3.63, 3.8) is 0 Å². The van der Waals surface area contributed by atoms with Crippen LogP contribution in [0, 0.1) is 18.6 Å². The summed E-state index contributed by atoms with van der Waals surface area (Å²) in [5.74, 6) is -1.43. The number of methoxy groups -OCH3 is 1. The summed E-state index contributed by atoms with van der Waals surface area (Å²) in [4.78, 5) is 11.9. The Hall–Kier alpha value is -2.63. The molecule has 0 atom stereocenters. The van der Waals surface area contributed by atoms with Crippen molar-refractivity contribution in [2.75, 3.05) is 24.3 Å². The predicted molar refractivity (Wildman–Crippen MR) is 81.2 cm³/mol. The van der Waals surface area contributed by atoms with Gasteiger partial charge in [-0.2, -0.15) is 0 Å². The molecule has 0 aliphatic carbocycles. The maximum atomic E-state index is 13.4. The average molecular weight is 306 g/mol. The van der Waals surface area contributed by atoms with Crippen LogP contribution in [0.3, 0.4) is 0 Å². The first kappa shape index (κ1) is 15.8. The molecule has 0 saturated heterocycles. The molecular formula is C16H16F2N2O2. The number of rotatable bonds is 5. The van der Waals surface area contributed by atoms with Crippen molar-refractivity contribution in [1.82, 2.24) is 0 Å². The van der Waals surface area contributed by atoms with Crippen molar-refractivity contribution in [3.8, 4) is 5.75 Å². The lowest BCUT2D eigenvalue weighted by molar-refractivity contribution is -0.114. The number of para-hydroxylation sites is 1. The van der Waals surface area contributed by atoms with Crippen molar-refractivity contribution in [3.05, 3.63) is 53.6 Å². The maximum Gasteiger partial charge on any atom is 0.243 e. The largest absolute Gasteiger partial charge is 0.495 e. The van der Waals surface area contributed by atoms with Crippen molar-refractivity contribution in [1.29, 1.82) is 0 Å². The highest BCUT2D eigenvalue weighted by atomic mass is 19.1. The molecule has 0 aliphatic rings. The van der Waals surface area contributed by atoms with Gasteiger partial charge in [-0.3, -0.25) is 4.79 Å². The monoisotopic (exact) mass is 306 g/mol. The van der Waals surface area contributed by atoms with Gasteiger partial charge in [0.1, 0.15) is 23.1 Å². The lowest BCUT2D eigenvalue weighted by atomic mass is 10.2. The Morgan fingerprint density at radius 3 is 2.50 bits per heavy atom. The van der Waals surface area contributed by atoms with E-state index in [-0.39, 0.29) is 12.2 Å². The number of nitrogens with one attached hydrogen (secondary N) is 2. The maximum absolute atomic E-state index is 13.4. The Kier molecular flexibility index (Phi) is 4.93. The van der Waals surface area contributed by atoms with Crippen molar-refractivity contribution >= 4 is 17.3 Å². The molecule has 0 aromatic heterocycles. The summed E-state index contributed by atoms with van der Waals surface area (Å²) in [5, 5.41) is 5.09. The Balaban J connectivity index is 2.03. The molecule has 2 N–H and O–H groups in total. The topological polar surface area (TPSA) is 50.4 Å². The number of anilines is 2. The van der Waals surface area contributed by atoms with Crippen LogP contribution in [0.4, 0.5) is 20.2 Å². The molecule has 4 nitrogen and oxygen atoms in total. The Bertz CT molecular complexity index is 670. The molecule has 0 unspecified atom stereocenters. The summed E-state index contributed by atoms with van der Waals surface area (Å²) >= 11 is 0. The van der Waals surface area contributed by atoms with Gasteiger partial charge < -0.3 is 15.4 Å². The van der Waals surface area contributed by atoms with Gasteiger partial charge >= 0.3 is 0 Å². The molecule has 116 valence electrons. The number of ether oxygens (including phenoxy) is 1. The lowest BCUT2D eigenvalue weighted by Gasteiger charge is -2.12. The van der Waals surface area contributed by atoms with Crippen molar-refractivity contribution in [2.45, 2.75) is 6.92 Å². The van der Waals surface area contributed by atoms with Gasteiger partial charge in [-0.15, -0.1) is 0 Å². The van der Waals surface area contributed by atoms with Gasteiger partial charge in [0, 0.05) is 0 Å². The first-order valence-electron chi connectivity index (χ1n) is 6.63. The van der Waals surface area contributed by atoms with E-state index in [1.165, 1.54) is 13.2 Å². The molecule has 2 aromatic rings. The van der Waals surface area contributed by atoms with E-state index in [2.05, 4.69) is 10.6 Å². The van der Waals surface area contributed by atoms with Crippen LogP contribution in [0.15, 0.2) is 36.4 Å². The summed E-state index contributed by atoms with van der Waals surface area (Å²) in [6, 6.07) is 8.82. The molecule has 2 aromatic carbocycles. The second-order valence-electron chi connectivity index (χ2n) is 4.70. The minimum absolute atomic E-state index is 0.269. The van der Waals surface area contributed by atoms with Gasteiger partial charge in [-0.05, 0) is 36.8 Å². The average Bonchev–Trinajstić information content (AvgIpc) is 2.47. The van der Waals surface area contributed by atoms with Crippen molar-refractivity contribution in [2.24, 2.45) is 0 Å². The third kappa shape index (κ3) is 3.72. The summed E-state index contributed by atoms with van der Waals surface area (Å²) in [6.07, 6.45) is 0.